The van der Waals surface area contributed by atoms with Crippen LogP contribution in [0.4, 0.5) is 61.5 Å². The van der Waals surface area contributed by atoms with E-state index in [0.717, 1.165) is 0 Å². The molecular weight excluding hydrogens is 352 g/mol. The van der Waals surface area contributed by atoms with Crippen LogP contribution >= 0.6 is 0 Å². The maximum absolute atomic E-state index is 12.8. The van der Waals surface area contributed by atoms with Crippen LogP contribution in [-0.2, 0) is 0 Å². The van der Waals surface area contributed by atoms with E-state index in [0.29, 0.717) is 0 Å². The summed E-state index contributed by atoms with van der Waals surface area (Å²) in [4.78, 5) is 0. The van der Waals surface area contributed by atoms with Gasteiger partial charge in [-0.2, -0.15) is 13.2 Å². The Morgan fingerprint density at radius 1 is 0.524 bits per heavy atom. The number of halogens is 14. The third-order valence-electron chi connectivity index (χ3n) is 1.99. The SMILES string of the molecule is FC(F)=C(F)C(F)(F)[N+](C(F)(F)F)(C(F)(F)F)C(F)(F)F. The molecule has 0 saturated carbocycles. The van der Waals surface area contributed by atoms with Crippen molar-refractivity contribution in [2.45, 2.75) is 24.9 Å². The van der Waals surface area contributed by atoms with Crippen LogP contribution in [0.5, 0.6) is 0 Å². The topological polar surface area (TPSA) is 0 Å². The van der Waals surface area contributed by atoms with Crippen molar-refractivity contribution in [1.29, 1.82) is 0 Å². The van der Waals surface area contributed by atoms with Gasteiger partial charge in [0.15, 0.2) is 0 Å². The number of hydrogen-bond donors (Lipinski definition) is 0. The quantitative estimate of drug-likeness (QED) is 0.371. The van der Waals surface area contributed by atoms with Crippen molar-refractivity contribution in [1.82, 2.24) is 0 Å². The van der Waals surface area contributed by atoms with Crippen LogP contribution in [0.25, 0.3) is 0 Å². The Labute approximate surface area is 104 Å². The van der Waals surface area contributed by atoms with Crippen molar-refractivity contribution in [3.05, 3.63) is 11.9 Å². The summed E-state index contributed by atoms with van der Waals surface area (Å²) >= 11 is 0. The monoisotopic (exact) mass is 352 g/mol. The Hall–Kier alpha value is -1.28. The molecule has 0 amide bonds. The van der Waals surface area contributed by atoms with E-state index in [2.05, 4.69) is 0 Å². The highest BCUT2D eigenvalue weighted by atomic mass is 19.4. The van der Waals surface area contributed by atoms with Crippen LogP contribution in [0.1, 0.15) is 0 Å². The third-order valence-corrected chi connectivity index (χ3v) is 1.99. The zero-order valence-electron chi connectivity index (χ0n) is 8.74. The van der Waals surface area contributed by atoms with Crippen molar-refractivity contribution in [3.63, 3.8) is 0 Å². The summed E-state index contributed by atoms with van der Waals surface area (Å²) in [6, 6.07) is -7.73. The summed E-state index contributed by atoms with van der Waals surface area (Å²) < 4.78 is 163. The second-order valence-corrected chi connectivity index (χ2v) is 3.19. The Kier molecular flexibility index (Phi) is 4.58. The van der Waals surface area contributed by atoms with Gasteiger partial charge in [0.2, 0.25) is 0 Å². The summed E-state index contributed by atoms with van der Waals surface area (Å²) in [5.74, 6) is -4.81. The molecule has 0 aromatic rings. The Bertz CT molecular complexity index is 380. The van der Waals surface area contributed by atoms with E-state index in [4.69, 9.17) is 0 Å². The van der Waals surface area contributed by atoms with E-state index >= 15 is 0 Å². The van der Waals surface area contributed by atoms with Gasteiger partial charge in [-0.1, -0.05) is 0 Å². The minimum atomic E-state index is -7.94. The van der Waals surface area contributed by atoms with Gasteiger partial charge in [-0.15, -0.1) is 48.3 Å². The van der Waals surface area contributed by atoms with Gasteiger partial charge < -0.3 is 0 Å². The smallest absolute Gasteiger partial charge is 0.192 e. The van der Waals surface area contributed by atoms with Crippen molar-refractivity contribution in [3.8, 4) is 0 Å². The molecule has 0 aromatic heterocycles. The van der Waals surface area contributed by atoms with Gasteiger partial charge in [-0.3, -0.25) is 0 Å². The highest BCUT2D eigenvalue weighted by Gasteiger charge is 2.95. The maximum atomic E-state index is 12.8. The van der Waals surface area contributed by atoms with E-state index in [-0.39, 0.29) is 0 Å². The van der Waals surface area contributed by atoms with Gasteiger partial charge in [-0.25, -0.2) is 0 Å². The van der Waals surface area contributed by atoms with Crippen LogP contribution < -0.4 is 0 Å². The standard InChI is InChI=1S/C6F14N/c7-1(2(8)9)3(10,11)21(4(12,13)14,5(15,16)17)6(18,19)20/q+1. The Morgan fingerprint density at radius 3 is 0.905 bits per heavy atom. The lowest BCUT2D eigenvalue weighted by Crippen LogP contribution is -2.79. The second kappa shape index (κ2) is 4.88. The molecule has 15 heteroatoms. The first-order valence-electron chi connectivity index (χ1n) is 4.04. The highest BCUT2D eigenvalue weighted by Crippen LogP contribution is 2.60. The number of hydrogen-bond acceptors (Lipinski definition) is 0. The van der Waals surface area contributed by atoms with E-state index in [1.807, 2.05) is 0 Å². The van der Waals surface area contributed by atoms with E-state index in [1.54, 1.807) is 0 Å². The number of alkyl halides is 11. The molecule has 0 aromatic carbocycles. The molecule has 0 aliphatic heterocycles. The van der Waals surface area contributed by atoms with Crippen LogP contribution in [-0.4, -0.2) is 29.4 Å². The first kappa shape index (κ1) is 19.7. The highest BCUT2D eigenvalue weighted by molar-refractivity contribution is 5.01. The molecule has 0 aliphatic carbocycles. The molecule has 0 heterocycles. The van der Waals surface area contributed by atoms with E-state index in [1.165, 1.54) is 0 Å². The van der Waals surface area contributed by atoms with Crippen molar-refractivity contribution in [2.75, 3.05) is 0 Å². The minimum absolute atomic E-state index is 4.47. The molecule has 0 saturated heterocycles. The Balaban J connectivity index is 6.97. The summed E-state index contributed by atoms with van der Waals surface area (Å²) in [5.41, 5.74) is 0. The zero-order valence-corrected chi connectivity index (χ0v) is 8.74. The second-order valence-electron chi connectivity index (χ2n) is 3.19. The molecule has 126 valence electrons. The predicted molar refractivity (Wildman–Crippen MR) is 33.7 cm³/mol. The number of rotatable bonds is 2. The molecule has 0 bridgehead atoms. The summed E-state index contributed by atoms with van der Waals surface area (Å²) in [5, 5.41) is 0. The van der Waals surface area contributed by atoms with Crippen LogP contribution in [0.15, 0.2) is 11.9 Å². The van der Waals surface area contributed by atoms with Crippen LogP contribution in [0, 0.1) is 0 Å². The molecule has 0 spiro atoms. The number of nitrogens with zero attached hydrogens (tertiary/aromatic N) is 1. The largest absolute Gasteiger partial charge is 0.581 e. The average Bonchev–Trinajstić information content (AvgIpc) is 2.07. The van der Waals surface area contributed by atoms with Gasteiger partial charge in [0, 0.05) is 4.48 Å². The van der Waals surface area contributed by atoms with Crippen LogP contribution in [0.2, 0.25) is 0 Å². The van der Waals surface area contributed by atoms with E-state index in [9.17, 15) is 61.5 Å². The fourth-order valence-electron chi connectivity index (χ4n) is 1.17. The fourth-order valence-corrected chi connectivity index (χ4v) is 1.17. The molecule has 1 nitrogen and oxygen atoms in total. The van der Waals surface area contributed by atoms with Gasteiger partial charge in [-0.05, 0) is 0 Å². The van der Waals surface area contributed by atoms with Gasteiger partial charge in [0.25, 0.3) is 5.83 Å². The molecule has 0 aliphatic rings. The first-order valence-corrected chi connectivity index (χ1v) is 4.04. The maximum Gasteiger partial charge on any atom is 0.581 e. The lowest BCUT2D eigenvalue weighted by molar-refractivity contribution is -1.22. The molecule has 0 atom stereocenters. The Morgan fingerprint density at radius 2 is 0.762 bits per heavy atom. The van der Waals surface area contributed by atoms with Crippen molar-refractivity contribution in [2.24, 2.45) is 0 Å². The molecule has 0 fully saturated rings. The zero-order chi connectivity index (χ0) is 17.7. The van der Waals surface area contributed by atoms with E-state index < -0.39 is 41.3 Å². The molecule has 0 radical (unpaired) electrons. The van der Waals surface area contributed by atoms with Crippen molar-refractivity contribution < 1.29 is 65.9 Å². The van der Waals surface area contributed by atoms with Gasteiger partial charge in [0.1, 0.15) is 0 Å². The molecular formula is C6F14N+. The summed E-state index contributed by atoms with van der Waals surface area (Å²) in [7, 11) is 0. The predicted octanol–water partition coefficient (Wildman–Crippen LogP) is 5.03. The molecule has 0 unspecified atom stereocenters. The summed E-state index contributed by atoms with van der Waals surface area (Å²) in [6.45, 7) is 0. The molecule has 21 heavy (non-hydrogen) atoms. The number of quaternary nitrogens is 1. The van der Waals surface area contributed by atoms with Gasteiger partial charge >= 0.3 is 31.0 Å². The lowest BCUT2D eigenvalue weighted by atomic mass is 10.3. The third kappa shape index (κ3) is 2.62. The molecule has 0 rings (SSSR count). The average molecular weight is 352 g/mol. The summed E-state index contributed by atoms with van der Waals surface area (Å²) in [6.07, 6.45) is -28.3. The van der Waals surface area contributed by atoms with Crippen LogP contribution in [0.3, 0.4) is 0 Å². The minimum Gasteiger partial charge on any atom is -0.192 e. The lowest BCUT2D eigenvalue weighted by Gasteiger charge is -2.41. The van der Waals surface area contributed by atoms with Gasteiger partial charge in [0.05, 0.1) is 0 Å². The fraction of sp³-hybridized carbons (Fsp3) is 0.667. The molecule has 0 N–H and O–H groups in total. The first-order chi connectivity index (χ1) is 8.85. The van der Waals surface area contributed by atoms with Crippen molar-refractivity contribution >= 4 is 0 Å². The normalized spacial score (nSPS) is 15.1.